The van der Waals surface area contributed by atoms with Gasteiger partial charge < -0.3 is 4.74 Å². The van der Waals surface area contributed by atoms with E-state index in [1.54, 1.807) is 18.2 Å². The minimum atomic E-state index is -3.55. The van der Waals surface area contributed by atoms with Crippen LogP contribution in [-0.2, 0) is 15.7 Å². The van der Waals surface area contributed by atoms with Gasteiger partial charge in [0.2, 0.25) is 15.7 Å². The molecule has 7 heteroatoms. The van der Waals surface area contributed by atoms with Crippen LogP contribution in [-0.4, -0.2) is 23.2 Å². The fourth-order valence-corrected chi connectivity index (χ4v) is 3.20. The lowest BCUT2D eigenvalue weighted by Gasteiger charge is -2.09. The maximum absolute atomic E-state index is 12.3. The van der Waals surface area contributed by atoms with E-state index in [0.29, 0.717) is 5.88 Å². The van der Waals surface area contributed by atoms with Crippen molar-refractivity contribution in [2.75, 3.05) is 0 Å². The molecule has 0 unspecified atom stereocenters. The predicted molar refractivity (Wildman–Crippen MR) is 67.8 cm³/mol. The monoisotopic (exact) mass is 279 g/mol. The van der Waals surface area contributed by atoms with Crippen molar-refractivity contribution in [2.45, 2.75) is 30.7 Å². The molecule has 0 amide bonds. The van der Waals surface area contributed by atoms with Gasteiger partial charge in [-0.1, -0.05) is 13.8 Å². The van der Waals surface area contributed by atoms with Crippen LogP contribution in [0.1, 0.15) is 25.5 Å². The first-order chi connectivity index (χ1) is 8.97. The molecule has 0 atom stereocenters. The van der Waals surface area contributed by atoms with Crippen molar-refractivity contribution in [2.24, 2.45) is 0 Å². The number of fused-ring (bicyclic) bond motifs is 2. The lowest BCUT2D eigenvalue weighted by molar-refractivity contribution is 0.421. The number of hydrogen-bond acceptors (Lipinski definition) is 5. The van der Waals surface area contributed by atoms with Gasteiger partial charge in [-0.25, -0.2) is 18.1 Å². The molecule has 6 nitrogen and oxygen atoms in total. The second-order valence-corrected chi connectivity index (χ2v) is 6.58. The minimum absolute atomic E-state index is 0.01000. The number of pyridine rings is 1. The molecule has 0 spiro atoms. The Morgan fingerprint density at radius 1 is 1.32 bits per heavy atom. The summed E-state index contributed by atoms with van der Waals surface area (Å²) in [5.41, 5.74) is 0.727. The molecule has 0 N–H and O–H groups in total. The molecular formula is C12H13N3O3S. The van der Waals surface area contributed by atoms with E-state index in [1.165, 1.54) is 10.9 Å². The Morgan fingerprint density at radius 2 is 2.11 bits per heavy atom. The van der Waals surface area contributed by atoms with Crippen LogP contribution in [0, 0.1) is 0 Å². The van der Waals surface area contributed by atoms with Gasteiger partial charge in [-0.3, -0.25) is 0 Å². The molecule has 0 aromatic carbocycles. The zero-order valence-electron chi connectivity index (χ0n) is 10.6. The molecule has 3 rings (SSSR count). The third-order valence-electron chi connectivity index (χ3n) is 2.92. The smallest absolute Gasteiger partial charge is 0.219 e. The first-order valence-corrected chi connectivity index (χ1v) is 7.56. The molecule has 1 aliphatic heterocycles. The van der Waals surface area contributed by atoms with E-state index < -0.39 is 9.84 Å². The van der Waals surface area contributed by atoms with Gasteiger partial charge in [0, 0.05) is 11.8 Å². The average molecular weight is 279 g/mol. The molecule has 100 valence electrons. The van der Waals surface area contributed by atoms with Crippen molar-refractivity contribution in [1.82, 2.24) is 14.8 Å². The fourth-order valence-electron chi connectivity index (χ4n) is 1.90. The van der Waals surface area contributed by atoms with Crippen LogP contribution in [0.15, 0.2) is 29.4 Å². The molecule has 0 saturated carbocycles. The first-order valence-electron chi connectivity index (χ1n) is 5.91. The molecule has 1 aliphatic rings. The van der Waals surface area contributed by atoms with Crippen LogP contribution in [0.4, 0.5) is 0 Å². The van der Waals surface area contributed by atoms with Crippen molar-refractivity contribution in [3.8, 4) is 11.6 Å². The summed E-state index contributed by atoms with van der Waals surface area (Å²) in [5, 5.41) is 3.93. The van der Waals surface area contributed by atoms with Crippen LogP contribution in [0.2, 0.25) is 0 Å². The molecule has 19 heavy (non-hydrogen) atoms. The summed E-state index contributed by atoms with van der Waals surface area (Å²) in [6, 6.07) is 5.06. The maximum atomic E-state index is 12.3. The van der Waals surface area contributed by atoms with Crippen molar-refractivity contribution in [1.29, 1.82) is 0 Å². The third kappa shape index (κ3) is 1.99. The van der Waals surface area contributed by atoms with E-state index in [0.717, 1.165) is 5.69 Å². The zero-order valence-corrected chi connectivity index (χ0v) is 11.4. The molecule has 0 radical (unpaired) electrons. The van der Waals surface area contributed by atoms with E-state index in [4.69, 9.17) is 4.74 Å². The highest BCUT2D eigenvalue weighted by molar-refractivity contribution is 7.90. The fraction of sp³-hybridized carbons (Fsp3) is 0.333. The average Bonchev–Trinajstić information content (AvgIpc) is 2.72. The highest BCUT2D eigenvalue weighted by Crippen LogP contribution is 2.33. The standard InChI is InChI=1S/C12H13N3O3S/c1-8(2)9-3-4-10-12(14-9)19(16,17)7-15-11(18-10)5-6-13-15/h3-6,8H,7H2,1-2H3. The third-order valence-corrected chi connectivity index (χ3v) is 4.38. The summed E-state index contributed by atoms with van der Waals surface area (Å²) in [7, 11) is -3.55. The lowest BCUT2D eigenvalue weighted by Crippen LogP contribution is -2.12. The summed E-state index contributed by atoms with van der Waals surface area (Å²) >= 11 is 0. The highest BCUT2D eigenvalue weighted by atomic mass is 32.2. The summed E-state index contributed by atoms with van der Waals surface area (Å²) < 4.78 is 31.5. The van der Waals surface area contributed by atoms with E-state index >= 15 is 0 Å². The number of hydrogen-bond donors (Lipinski definition) is 0. The SMILES string of the molecule is CC(C)c1ccc2c(n1)S(=O)(=O)Cn1nccc1O2. The zero-order chi connectivity index (χ0) is 13.6. The Kier molecular flexibility index (Phi) is 2.60. The van der Waals surface area contributed by atoms with Crippen molar-refractivity contribution < 1.29 is 13.2 Å². The van der Waals surface area contributed by atoms with Crippen LogP contribution in [0.5, 0.6) is 11.6 Å². The normalized spacial score (nSPS) is 16.4. The minimum Gasteiger partial charge on any atom is -0.436 e. The quantitative estimate of drug-likeness (QED) is 0.797. The van der Waals surface area contributed by atoms with E-state index in [2.05, 4.69) is 10.1 Å². The van der Waals surface area contributed by atoms with Crippen LogP contribution in [0.25, 0.3) is 0 Å². The molecule has 0 saturated heterocycles. The number of nitrogens with zero attached hydrogens (tertiary/aromatic N) is 3. The van der Waals surface area contributed by atoms with E-state index in [-0.39, 0.29) is 22.6 Å². The summed E-state index contributed by atoms with van der Waals surface area (Å²) in [6.07, 6.45) is 1.51. The summed E-state index contributed by atoms with van der Waals surface area (Å²) in [5.74, 6) is 0.558. The number of ether oxygens (including phenoxy) is 1. The Hall–Kier alpha value is -1.89. The van der Waals surface area contributed by atoms with Crippen LogP contribution < -0.4 is 4.74 Å². The summed E-state index contributed by atoms with van der Waals surface area (Å²) in [6.45, 7) is 3.92. The van der Waals surface area contributed by atoms with Gasteiger partial charge in [0.15, 0.2) is 16.7 Å². The van der Waals surface area contributed by atoms with Crippen molar-refractivity contribution in [3.63, 3.8) is 0 Å². The Labute approximate surface area is 111 Å². The number of aromatic nitrogens is 3. The molecule has 0 aliphatic carbocycles. The van der Waals surface area contributed by atoms with Gasteiger partial charge in [-0.15, -0.1) is 0 Å². The second-order valence-electron chi connectivity index (χ2n) is 4.71. The Bertz CT molecular complexity index is 734. The number of sulfone groups is 1. The molecule has 0 fully saturated rings. The van der Waals surface area contributed by atoms with Gasteiger partial charge in [-0.2, -0.15) is 5.10 Å². The Morgan fingerprint density at radius 3 is 2.84 bits per heavy atom. The number of rotatable bonds is 1. The predicted octanol–water partition coefficient (Wildman–Crippen LogP) is 1.94. The molecule has 2 aromatic heterocycles. The largest absolute Gasteiger partial charge is 0.436 e. The molecular weight excluding hydrogens is 266 g/mol. The van der Waals surface area contributed by atoms with Crippen molar-refractivity contribution >= 4 is 9.84 Å². The van der Waals surface area contributed by atoms with Gasteiger partial charge in [-0.05, 0) is 18.1 Å². The van der Waals surface area contributed by atoms with Crippen LogP contribution in [0.3, 0.4) is 0 Å². The molecule has 2 aromatic rings. The van der Waals surface area contributed by atoms with E-state index in [9.17, 15) is 8.42 Å². The van der Waals surface area contributed by atoms with Crippen LogP contribution >= 0.6 is 0 Å². The van der Waals surface area contributed by atoms with Gasteiger partial charge in [0.1, 0.15) is 0 Å². The first kappa shape index (κ1) is 12.2. The topological polar surface area (TPSA) is 74.1 Å². The molecule has 3 heterocycles. The highest BCUT2D eigenvalue weighted by Gasteiger charge is 2.29. The van der Waals surface area contributed by atoms with E-state index in [1.807, 2.05) is 13.8 Å². The Balaban J connectivity index is 2.21. The lowest BCUT2D eigenvalue weighted by atomic mass is 10.1. The van der Waals surface area contributed by atoms with Gasteiger partial charge >= 0.3 is 0 Å². The molecule has 0 bridgehead atoms. The van der Waals surface area contributed by atoms with Crippen molar-refractivity contribution in [3.05, 3.63) is 30.1 Å². The maximum Gasteiger partial charge on any atom is 0.219 e. The van der Waals surface area contributed by atoms with Gasteiger partial charge in [0.05, 0.1) is 6.20 Å². The summed E-state index contributed by atoms with van der Waals surface area (Å²) in [4.78, 5) is 4.23. The second kappa shape index (κ2) is 4.06. The van der Waals surface area contributed by atoms with Gasteiger partial charge in [0.25, 0.3) is 0 Å².